The van der Waals surface area contributed by atoms with Gasteiger partial charge in [-0.1, -0.05) is 127 Å². The Hall–Kier alpha value is -5.80. The maximum Gasteiger partial charge on any atom is 0.159 e. The summed E-state index contributed by atoms with van der Waals surface area (Å²) in [4.78, 5) is 2.53. The first-order valence-corrected chi connectivity index (χ1v) is 15.6. The average Bonchev–Trinajstić information content (AvgIpc) is 3.76. The molecule has 212 valence electrons. The second-order valence-corrected chi connectivity index (χ2v) is 12.0. The third-order valence-electron chi connectivity index (χ3n) is 9.73. The van der Waals surface area contributed by atoms with Gasteiger partial charge < -0.3 is 13.9 Å². The summed E-state index contributed by atoms with van der Waals surface area (Å²) < 4.78 is 9.11. The van der Waals surface area contributed by atoms with E-state index in [1.807, 2.05) is 0 Å². The van der Waals surface area contributed by atoms with Gasteiger partial charge in [-0.15, -0.1) is 0 Å². The fourth-order valence-corrected chi connectivity index (χ4v) is 7.86. The summed E-state index contributed by atoms with van der Waals surface area (Å²) in [5.41, 5.74) is 11.5. The molecule has 2 atom stereocenters. The molecule has 45 heavy (non-hydrogen) atoms. The number of hydrogen-bond acceptors (Lipinski definition) is 2. The van der Waals surface area contributed by atoms with Gasteiger partial charge in [-0.3, -0.25) is 0 Å². The van der Waals surface area contributed by atoms with Crippen LogP contribution < -0.4 is 4.90 Å². The van der Waals surface area contributed by atoms with E-state index in [0.29, 0.717) is 0 Å². The lowest BCUT2D eigenvalue weighted by atomic mass is 9.91. The van der Waals surface area contributed by atoms with Gasteiger partial charge in [0.25, 0.3) is 0 Å². The molecule has 1 aliphatic heterocycles. The van der Waals surface area contributed by atoms with Crippen LogP contribution in [0.2, 0.25) is 0 Å². The smallest absolute Gasteiger partial charge is 0.159 e. The van der Waals surface area contributed by atoms with Gasteiger partial charge in [-0.2, -0.15) is 0 Å². The zero-order valence-electron chi connectivity index (χ0n) is 24.5. The minimum atomic E-state index is 0.144. The molecule has 2 unspecified atom stereocenters. The van der Waals surface area contributed by atoms with Crippen molar-refractivity contribution in [2.75, 3.05) is 4.90 Å². The average molecular weight is 577 g/mol. The van der Waals surface area contributed by atoms with E-state index >= 15 is 0 Å². The van der Waals surface area contributed by atoms with Crippen molar-refractivity contribution in [1.82, 2.24) is 4.57 Å². The largest absolute Gasteiger partial charge is 0.454 e. The third kappa shape index (κ3) is 3.41. The van der Waals surface area contributed by atoms with E-state index < -0.39 is 0 Å². The first-order chi connectivity index (χ1) is 22.4. The van der Waals surface area contributed by atoms with Gasteiger partial charge in [0.2, 0.25) is 0 Å². The Bertz CT molecular complexity index is 2470. The zero-order chi connectivity index (χ0) is 29.5. The SMILES string of the molecule is C1=CC2c3ccc4c(oc5ccccc54)c3N(c3ccccc3-c3ccccc3-n3c4ccccc4c4ccccc43)C2C=C1. The van der Waals surface area contributed by atoms with Crippen molar-refractivity contribution >= 4 is 55.1 Å². The van der Waals surface area contributed by atoms with E-state index in [4.69, 9.17) is 4.42 Å². The van der Waals surface area contributed by atoms with Crippen molar-refractivity contribution in [3.05, 3.63) is 163 Å². The van der Waals surface area contributed by atoms with E-state index in [0.717, 1.165) is 27.6 Å². The number of furan rings is 1. The summed E-state index contributed by atoms with van der Waals surface area (Å²) in [6.07, 6.45) is 9.05. The molecule has 0 saturated carbocycles. The van der Waals surface area contributed by atoms with Crippen LogP contribution in [0.4, 0.5) is 11.4 Å². The van der Waals surface area contributed by atoms with Gasteiger partial charge in [-0.05, 0) is 35.9 Å². The number of aromatic nitrogens is 1. The fourth-order valence-electron chi connectivity index (χ4n) is 7.86. The van der Waals surface area contributed by atoms with Crippen LogP contribution in [0.25, 0.3) is 60.6 Å². The van der Waals surface area contributed by atoms with Crippen molar-refractivity contribution < 1.29 is 4.42 Å². The van der Waals surface area contributed by atoms with E-state index in [9.17, 15) is 0 Å². The van der Waals surface area contributed by atoms with Gasteiger partial charge in [0, 0.05) is 44.3 Å². The standard InChI is InChI=1S/C42H28N2O/c1-7-19-35-27(13-1)28-14-2-8-20-36(28)43(35)37-21-9-3-15-29(37)30-16-4-10-22-38(30)44-39-23-11-5-17-31(39)33-25-26-34-32-18-6-12-24-40(32)45-42(34)41(33)44/h1-26,31,39H. The molecule has 0 spiro atoms. The first-order valence-electron chi connectivity index (χ1n) is 15.6. The molecule has 3 nitrogen and oxygen atoms in total. The molecule has 0 bridgehead atoms. The van der Waals surface area contributed by atoms with Crippen molar-refractivity contribution in [3.8, 4) is 16.8 Å². The lowest BCUT2D eigenvalue weighted by Crippen LogP contribution is -2.29. The van der Waals surface area contributed by atoms with E-state index in [1.165, 1.54) is 49.9 Å². The molecule has 0 amide bonds. The zero-order valence-corrected chi connectivity index (χ0v) is 24.5. The minimum absolute atomic E-state index is 0.144. The molecule has 2 aromatic heterocycles. The van der Waals surface area contributed by atoms with Crippen molar-refractivity contribution in [2.45, 2.75) is 12.0 Å². The van der Waals surface area contributed by atoms with E-state index in [1.54, 1.807) is 0 Å². The summed E-state index contributed by atoms with van der Waals surface area (Å²) in [5, 5.41) is 4.84. The minimum Gasteiger partial charge on any atom is -0.454 e. The molecule has 3 heteroatoms. The summed E-state index contributed by atoms with van der Waals surface area (Å²) in [7, 11) is 0. The lowest BCUT2D eigenvalue weighted by Gasteiger charge is -2.31. The molecule has 6 aromatic carbocycles. The van der Waals surface area contributed by atoms with E-state index in [2.05, 4.69) is 167 Å². The molecule has 0 fully saturated rings. The highest BCUT2D eigenvalue weighted by molar-refractivity contribution is 6.12. The van der Waals surface area contributed by atoms with Crippen LogP contribution in [-0.2, 0) is 0 Å². The Morgan fingerprint density at radius 1 is 0.489 bits per heavy atom. The molecule has 0 radical (unpaired) electrons. The highest BCUT2D eigenvalue weighted by Gasteiger charge is 2.40. The number of anilines is 2. The quantitative estimate of drug-likeness (QED) is 0.209. The first kappa shape index (κ1) is 24.6. The Kier molecular flexibility index (Phi) is 5.11. The Morgan fingerprint density at radius 3 is 1.87 bits per heavy atom. The fraction of sp³-hybridized carbons (Fsp3) is 0.0476. The van der Waals surface area contributed by atoms with Gasteiger partial charge in [0.1, 0.15) is 5.58 Å². The number of benzene rings is 6. The maximum atomic E-state index is 6.68. The summed E-state index contributed by atoms with van der Waals surface area (Å²) >= 11 is 0. The normalized spacial score (nSPS) is 17.1. The van der Waals surface area contributed by atoms with Crippen molar-refractivity contribution in [3.63, 3.8) is 0 Å². The lowest BCUT2D eigenvalue weighted by molar-refractivity contribution is 0.667. The predicted octanol–water partition coefficient (Wildman–Crippen LogP) is 11.1. The number of hydrogen-bond donors (Lipinski definition) is 0. The molecule has 10 rings (SSSR count). The molecule has 1 aliphatic carbocycles. The molecule has 3 heterocycles. The van der Waals surface area contributed by atoms with Crippen LogP contribution in [0.1, 0.15) is 11.5 Å². The monoisotopic (exact) mass is 576 g/mol. The van der Waals surface area contributed by atoms with Crippen LogP contribution in [0.5, 0.6) is 0 Å². The summed E-state index contributed by atoms with van der Waals surface area (Å²) in [6.45, 7) is 0. The topological polar surface area (TPSA) is 21.3 Å². The second kappa shape index (κ2) is 9.35. The summed E-state index contributed by atoms with van der Waals surface area (Å²) in [5.74, 6) is 0.239. The van der Waals surface area contributed by atoms with Crippen LogP contribution >= 0.6 is 0 Å². The van der Waals surface area contributed by atoms with Gasteiger partial charge >= 0.3 is 0 Å². The number of rotatable bonds is 3. The van der Waals surface area contributed by atoms with Gasteiger partial charge in [-0.25, -0.2) is 0 Å². The van der Waals surface area contributed by atoms with Crippen LogP contribution in [-0.4, -0.2) is 10.6 Å². The van der Waals surface area contributed by atoms with Crippen molar-refractivity contribution in [2.24, 2.45) is 0 Å². The predicted molar refractivity (Wildman–Crippen MR) is 187 cm³/mol. The second-order valence-electron chi connectivity index (χ2n) is 12.0. The molecule has 2 aliphatic rings. The van der Waals surface area contributed by atoms with Crippen molar-refractivity contribution in [1.29, 1.82) is 0 Å². The number of allylic oxidation sites excluding steroid dienone is 2. The Morgan fingerprint density at radius 2 is 1.09 bits per heavy atom. The molecule has 0 N–H and O–H groups in total. The Labute approximate surface area is 260 Å². The van der Waals surface area contributed by atoms with Gasteiger partial charge in [0.15, 0.2) is 5.58 Å². The van der Waals surface area contributed by atoms with Crippen LogP contribution in [0, 0.1) is 0 Å². The Balaban J connectivity index is 1.25. The van der Waals surface area contributed by atoms with Gasteiger partial charge in [0.05, 0.1) is 28.5 Å². The van der Waals surface area contributed by atoms with E-state index in [-0.39, 0.29) is 12.0 Å². The number of fused-ring (bicyclic) bond motifs is 10. The highest BCUT2D eigenvalue weighted by Crippen LogP contribution is 2.54. The molecular formula is C42H28N2O. The summed E-state index contributed by atoms with van der Waals surface area (Å²) in [6, 6.07) is 48.3. The molecule has 0 saturated heterocycles. The van der Waals surface area contributed by atoms with Crippen LogP contribution in [0.15, 0.2) is 162 Å². The molecule has 8 aromatic rings. The maximum absolute atomic E-state index is 6.68. The third-order valence-corrected chi connectivity index (χ3v) is 9.73. The number of para-hydroxylation sites is 5. The molecular weight excluding hydrogens is 548 g/mol. The highest BCUT2D eigenvalue weighted by atomic mass is 16.3. The number of nitrogens with zero attached hydrogens (tertiary/aromatic N) is 2. The van der Waals surface area contributed by atoms with Crippen LogP contribution in [0.3, 0.4) is 0 Å².